The van der Waals surface area contributed by atoms with E-state index in [0.29, 0.717) is 0 Å². The van der Waals surface area contributed by atoms with Crippen molar-refractivity contribution < 1.29 is 18.1 Å². The highest BCUT2D eigenvalue weighted by atomic mass is 35.5. The molecule has 100 valence electrons. The summed E-state index contributed by atoms with van der Waals surface area (Å²) in [4.78, 5) is 9.69. The first kappa shape index (κ1) is 13.3. The van der Waals surface area contributed by atoms with Crippen LogP contribution in [0.1, 0.15) is 12.1 Å². The number of alkyl halides is 2. The van der Waals surface area contributed by atoms with Crippen LogP contribution in [0.25, 0.3) is 5.69 Å². The van der Waals surface area contributed by atoms with Gasteiger partial charge < -0.3 is 0 Å². The molecule has 2 rings (SSSR count). The molecule has 0 saturated carbocycles. The third kappa shape index (κ3) is 2.39. The number of benzene rings is 1. The fraction of sp³-hybridized carbons (Fsp3) is 0.100. The highest BCUT2D eigenvalue weighted by molar-refractivity contribution is 6.32. The van der Waals surface area contributed by atoms with Gasteiger partial charge in [0.05, 0.1) is 10.6 Å². The Hall–Kier alpha value is -2.09. The van der Waals surface area contributed by atoms with Gasteiger partial charge in [-0.25, -0.2) is 17.9 Å². The Morgan fingerprint density at radius 2 is 1.89 bits per heavy atom. The van der Waals surface area contributed by atoms with Crippen LogP contribution in [-0.2, 0) is 0 Å². The summed E-state index contributed by atoms with van der Waals surface area (Å²) in [7, 11) is 0. The summed E-state index contributed by atoms with van der Waals surface area (Å²) in [5.41, 5.74) is -1.85. The predicted octanol–water partition coefficient (Wildman–Crippen LogP) is 3.51. The number of halogens is 4. The Labute approximate surface area is 109 Å². The standard InChI is InChI=1S/C10H5ClF3N3O2/c11-9-8(17(18)19)7(10(13)14)15-16(9)6-3-1-5(12)2-4-6/h1-4,10H. The molecular formula is C10H5ClF3N3O2. The van der Waals surface area contributed by atoms with Crippen LogP contribution in [0.2, 0.25) is 5.15 Å². The number of nitro groups is 1. The Balaban J connectivity index is 2.62. The molecule has 1 aromatic carbocycles. The molecule has 19 heavy (non-hydrogen) atoms. The van der Waals surface area contributed by atoms with E-state index in [-0.39, 0.29) is 5.69 Å². The van der Waals surface area contributed by atoms with E-state index >= 15 is 0 Å². The summed E-state index contributed by atoms with van der Waals surface area (Å²) in [5.74, 6) is -0.546. The Kier molecular flexibility index (Phi) is 3.43. The molecule has 2 aromatic rings. The molecule has 9 heteroatoms. The summed E-state index contributed by atoms with van der Waals surface area (Å²) in [6.07, 6.45) is -3.14. The van der Waals surface area contributed by atoms with Crippen molar-refractivity contribution in [3.8, 4) is 5.69 Å². The minimum Gasteiger partial charge on any atom is -0.258 e. The number of hydrogen-bond donors (Lipinski definition) is 0. The molecule has 0 atom stereocenters. The molecule has 0 aliphatic heterocycles. The monoisotopic (exact) mass is 291 g/mol. The fourth-order valence-corrected chi connectivity index (χ4v) is 1.78. The molecule has 5 nitrogen and oxygen atoms in total. The molecule has 1 aromatic heterocycles. The van der Waals surface area contributed by atoms with E-state index in [1.807, 2.05) is 0 Å². The molecule has 0 N–H and O–H groups in total. The molecule has 0 radical (unpaired) electrons. The second-order valence-electron chi connectivity index (χ2n) is 3.47. The van der Waals surface area contributed by atoms with Crippen molar-refractivity contribution in [3.63, 3.8) is 0 Å². The Morgan fingerprint density at radius 1 is 1.32 bits per heavy atom. The van der Waals surface area contributed by atoms with Gasteiger partial charge in [0, 0.05) is 0 Å². The van der Waals surface area contributed by atoms with Crippen LogP contribution in [0.3, 0.4) is 0 Å². The highest BCUT2D eigenvalue weighted by Crippen LogP contribution is 2.35. The summed E-state index contributed by atoms with van der Waals surface area (Å²) in [6.45, 7) is 0. The minimum absolute atomic E-state index is 0.140. The van der Waals surface area contributed by atoms with Gasteiger partial charge in [-0.1, -0.05) is 11.6 Å². The van der Waals surface area contributed by atoms with Crippen molar-refractivity contribution in [1.29, 1.82) is 0 Å². The lowest BCUT2D eigenvalue weighted by Crippen LogP contribution is -1.97. The van der Waals surface area contributed by atoms with Gasteiger partial charge in [-0.15, -0.1) is 0 Å². The van der Waals surface area contributed by atoms with Crippen LogP contribution in [0.15, 0.2) is 24.3 Å². The number of aromatic nitrogens is 2. The first-order valence-electron chi connectivity index (χ1n) is 4.88. The van der Waals surface area contributed by atoms with Crippen LogP contribution >= 0.6 is 11.6 Å². The smallest absolute Gasteiger partial charge is 0.258 e. The lowest BCUT2D eigenvalue weighted by Gasteiger charge is -2.01. The molecule has 0 fully saturated rings. The van der Waals surface area contributed by atoms with E-state index in [4.69, 9.17) is 11.6 Å². The molecule has 0 bridgehead atoms. The van der Waals surface area contributed by atoms with Crippen LogP contribution in [0, 0.1) is 15.9 Å². The number of rotatable bonds is 3. The van der Waals surface area contributed by atoms with Crippen LogP contribution in [0.4, 0.5) is 18.9 Å². The zero-order valence-corrected chi connectivity index (χ0v) is 9.81. The van der Waals surface area contributed by atoms with E-state index < -0.39 is 33.7 Å². The number of nitrogens with zero attached hydrogens (tertiary/aromatic N) is 3. The normalized spacial score (nSPS) is 11.0. The van der Waals surface area contributed by atoms with E-state index in [1.165, 1.54) is 12.1 Å². The summed E-state index contributed by atoms with van der Waals surface area (Å²) >= 11 is 5.67. The first-order chi connectivity index (χ1) is 8.91. The van der Waals surface area contributed by atoms with Crippen molar-refractivity contribution in [3.05, 3.63) is 51.0 Å². The molecular weight excluding hydrogens is 287 g/mol. The molecule has 1 heterocycles. The zero-order valence-electron chi connectivity index (χ0n) is 9.06. The van der Waals surface area contributed by atoms with E-state index in [1.54, 1.807) is 0 Å². The third-order valence-corrected chi connectivity index (χ3v) is 2.63. The summed E-state index contributed by atoms with van der Waals surface area (Å²) in [5, 5.41) is 13.6. The average Bonchev–Trinajstić information content (AvgIpc) is 2.68. The van der Waals surface area contributed by atoms with Gasteiger partial charge in [0.15, 0.2) is 0 Å². The van der Waals surface area contributed by atoms with Gasteiger partial charge in [-0.3, -0.25) is 10.1 Å². The summed E-state index contributed by atoms with van der Waals surface area (Å²) in [6, 6.07) is 4.54. The Morgan fingerprint density at radius 3 is 2.32 bits per heavy atom. The number of hydrogen-bond acceptors (Lipinski definition) is 3. The van der Waals surface area contributed by atoms with E-state index in [9.17, 15) is 23.3 Å². The largest absolute Gasteiger partial charge is 0.335 e. The minimum atomic E-state index is -3.14. The van der Waals surface area contributed by atoms with Gasteiger partial charge in [0.25, 0.3) is 6.43 Å². The molecule has 0 saturated heterocycles. The molecule has 0 aliphatic carbocycles. The van der Waals surface area contributed by atoms with Gasteiger partial charge in [-0.05, 0) is 24.3 Å². The fourth-order valence-electron chi connectivity index (χ4n) is 1.47. The second kappa shape index (κ2) is 4.88. The van der Waals surface area contributed by atoms with Crippen molar-refractivity contribution in [2.45, 2.75) is 6.43 Å². The molecule has 0 spiro atoms. The first-order valence-corrected chi connectivity index (χ1v) is 5.26. The van der Waals surface area contributed by atoms with Crippen molar-refractivity contribution >= 4 is 17.3 Å². The quantitative estimate of drug-likeness (QED) is 0.642. The molecule has 0 aliphatic rings. The SMILES string of the molecule is O=[N+]([O-])c1c(C(F)F)nn(-c2ccc(F)cc2)c1Cl. The second-order valence-corrected chi connectivity index (χ2v) is 3.83. The van der Waals surface area contributed by atoms with Gasteiger partial charge >= 0.3 is 5.69 Å². The van der Waals surface area contributed by atoms with Gasteiger partial charge in [0.1, 0.15) is 5.82 Å². The van der Waals surface area contributed by atoms with Crippen molar-refractivity contribution in [1.82, 2.24) is 9.78 Å². The van der Waals surface area contributed by atoms with Crippen LogP contribution in [-0.4, -0.2) is 14.7 Å². The highest BCUT2D eigenvalue weighted by Gasteiger charge is 2.32. The Bertz CT molecular complexity index is 628. The van der Waals surface area contributed by atoms with Gasteiger partial charge in [0.2, 0.25) is 10.8 Å². The predicted molar refractivity (Wildman–Crippen MR) is 60.1 cm³/mol. The lowest BCUT2D eigenvalue weighted by molar-refractivity contribution is -0.386. The average molecular weight is 292 g/mol. The maximum atomic E-state index is 12.8. The molecule has 0 amide bonds. The van der Waals surface area contributed by atoms with E-state index in [0.717, 1.165) is 16.8 Å². The lowest BCUT2D eigenvalue weighted by atomic mass is 10.3. The molecule has 0 unspecified atom stereocenters. The van der Waals surface area contributed by atoms with Gasteiger partial charge in [-0.2, -0.15) is 5.10 Å². The van der Waals surface area contributed by atoms with E-state index in [2.05, 4.69) is 5.10 Å². The van der Waals surface area contributed by atoms with Crippen molar-refractivity contribution in [2.24, 2.45) is 0 Å². The maximum absolute atomic E-state index is 12.8. The zero-order chi connectivity index (χ0) is 14.2. The third-order valence-electron chi connectivity index (χ3n) is 2.29. The van der Waals surface area contributed by atoms with Crippen LogP contribution in [0.5, 0.6) is 0 Å². The maximum Gasteiger partial charge on any atom is 0.335 e. The topological polar surface area (TPSA) is 61.0 Å². The van der Waals surface area contributed by atoms with Crippen molar-refractivity contribution in [2.75, 3.05) is 0 Å². The van der Waals surface area contributed by atoms with Crippen LogP contribution < -0.4 is 0 Å². The summed E-state index contributed by atoms with van der Waals surface area (Å²) < 4.78 is 38.8.